The summed E-state index contributed by atoms with van der Waals surface area (Å²) in [7, 11) is 0. The molecule has 0 saturated heterocycles. The Balaban J connectivity index is 2.41. The van der Waals surface area contributed by atoms with Gasteiger partial charge in [0.15, 0.2) is 5.82 Å². The summed E-state index contributed by atoms with van der Waals surface area (Å²) in [5, 5.41) is 20.3. The number of benzene rings is 1. The van der Waals surface area contributed by atoms with E-state index in [9.17, 15) is 0 Å². The van der Waals surface area contributed by atoms with Gasteiger partial charge in [-0.15, -0.1) is 5.10 Å². The summed E-state index contributed by atoms with van der Waals surface area (Å²) in [6, 6.07) is 11.8. The van der Waals surface area contributed by atoms with Gasteiger partial charge in [0.2, 0.25) is 0 Å². The third kappa shape index (κ3) is 2.23. The van der Waals surface area contributed by atoms with Crippen molar-refractivity contribution in [2.45, 2.75) is 13.8 Å². The number of para-hydroxylation sites is 1. The molecule has 17 heavy (non-hydrogen) atoms. The fraction of sp³-hybridized carbons (Fsp3) is 0.154. The van der Waals surface area contributed by atoms with Crippen LogP contribution in [-0.2, 0) is 0 Å². The summed E-state index contributed by atoms with van der Waals surface area (Å²) < 4.78 is 0. The summed E-state index contributed by atoms with van der Waals surface area (Å²) in [5.41, 5.74) is 3.07. The molecule has 0 aliphatic rings. The van der Waals surface area contributed by atoms with Crippen molar-refractivity contribution in [2.75, 3.05) is 5.32 Å². The molecule has 0 aliphatic heterocycles. The van der Waals surface area contributed by atoms with E-state index < -0.39 is 0 Å². The van der Waals surface area contributed by atoms with Crippen LogP contribution in [0.25, 0.3) is 0 Å². The molecule has 0 saturated carbocycles. The molecule has 2 aromatic rings. The Morgan fingerprint density at radius 3 is 2.47 bits per heavy atom. The third-order valence-corrected chi connectivity index (χ3v) is 2.60. The smallest absolute Gasteiger partial charge is 0.171 e. The maximum atomic E-state index is 9.14. The van der Waals surface area contributed by atoms with Crippen LogP contribution in [0.3, 0.4) is 0 Å². The molecule has 0 fully saturated rings. The Morgan fingerprint density at radius 1 is 1.12 bits per heavy atom. The second-order valence-electron chi connectivity index (χ2n) is 3.74. The van der Waals surface area contributed by atoms with Crippen molar-refractivity contribution in [1.29, 1.82) is 5.26 Å². The molecule has 0 amide bonds. The molecule has 1 heterocycles. The Bertz CT molecular complexity index is 570. The molecule has 0 atom stereocenters. The van der Waals surface area contributed by atoms with Crippen LogP contribution in [0.4, 0.5) is 11.5 Å². The lowest BCUT2D eigenvalue weighted by Crippen LogP contribution is -2.03. The standard InChI is InChI=1S/C13H12N4/c1-9-10(2)16-17-13(12(9)8-14)15-11-6-4-3-5-7-11/h3-7H,1-2H3,(H,15,17). The van der Waals surface area contributed by atoms with Crippen molar-refractivity contribution in [3.05, 3.63) is 47.2 Å². The predicted molar refractivity (Wildman–Crippen MR) is 65.9 cm³/mol. The fourth-order valence-corrected chi connectivity index (χ4v) is 1.49. The molecular weight excluding hydrogens is 212 g/mol. The third-order valence-electron chi connectivity index (χ3n) is 2.60. The topological polar surface area (TPSA) is 61.6 Å². The maximum Gasteiger partial charge on any atom is 0.171 e. The predicted octanol–water partition coefficient (Wildman–Crippen LogP) is 2.71. The molecule has 0 radical (unpaired) electrons. The van der Waals surface area contributed by atoms with E-state index in [1.807, 2.05) is 44.2 Å². The Kier molecular flexibility index (Phi) is 3.01. The number of nitrogens with one attached hydrogen (secondary N) is 1. The highest BCUT2D eigenvalue weighted by Crippen LogP contribution is 2.20. The van der Waals surface area contributed by atoms with Crippen LogP contribution in [0.1, 0.15) is 16.8 Å². The number of hydrogen-bond donors (Lipinski definition) is 1. The van der Waals surface area contributed by atoms with Gasteiger partial charge in [0.25, 0.3) is 0 Å². The number of aromatic nitrogens is 2. The molecule has 0 bridgehead atoms. The average molecular weight is 224 g/mol. The van der Waals surface area contributed by atoms with E-state index in [4.69, 9.17) is 5.26 Å². The van der Waals surface area contributed by atoms with E-state index in [1.54, 1.807) is 0 Å². The lowest BCUT2D eigenvalue weighted by molar-refractivity contribution is 0.960. The summed E-state index contributed by atoms with van der Waals surface area (Å²) >= 11 is 0. The van der Waals surface area contributed by atoms with Gasteiger partial charge in [-0.05, 0) is 31.5 Å². The van der Waals surface area contributed by atoms with Crippen molar-refractivity contribution < 1.29 is 0 Å². The van der Waals surface area contributed by atoms with Gasteiger partial charge < -0.3 is 5.32 Å². The summed E-state index contributed by atoms with van der Waals surface area (Å²) in [4.78, 5) is 0. The highest BCUT2D eigenvalue weighted by molar-refractivity contribution is 5.64. The van der Waals surface area contributed by atoms with Gasteiger partial charge in [-0.25, -0.2) is 0 Å². The Hall–Kier alpha value is -2.41. The Morgan fingerprint density at radius 2 is 1.82 bits per heavy atom. The highest BCUT2D eigenvalue weighted by atomic mass is 15.2. The van der Waals surface area contributed by atoms with Gasteiger partial charge >= 0.3 is 0 Å². The zero-order valence-electron chi connectivity index (χ0n) is 9.73. The van der Waals surface area contributed by atoms with E-state index in [-0.39, 0.29) is 0 Å². The van der Waals surface area contributed by atoms with Gasteiger partial charge in [-0.3, -0.25) is 0 Å². The van der Waals surface area contributed by atoms with Crippen molar-refractivity contribution in [2.24, 2.45) is 0 Å². The number of nitrogens with zero attached hydrogens (tertiary/aromatic N) is 3. The van der Waals surface area contributed by atoms with Crippen LogP contribution in [0, 0.1) is 25.2 Å². The van der Waals surface area contributed by atoms with Crippen molar-refractivity contribution in [3.63, 3.8) is 0 Å². The van der Waals surface area contributed by atoms with Gasteiger partial charge in [-0.1, -0.05) is 18.2 Å². The van der Waals surface area contributed by atoms with Crippen LogP contribution in [0.15, 0.2) is 30.3 Å². The average Bonchev–Trinajstić information content (AvgIpc) is 2.36. The SMILES string of the molecule is Cc1nnc(Nc2ccccc2)c(C#N)c1C. The first-order valence-corrected chi connectivity index (χ1v) is 5.28. The quantitative estimate of drug-likeness (QED) is 0.851. The fourth-order valence-electron chi connectivity index (χ4n) is 1.49. The zero-order valence-corrected chi connectivity index (χ0v) is 9.73. The molecule has 1 aromatic heterocycles. The monoisotopic (exact) mass is 224 g/mol. The molecule has 1 N–H and O–H groups in total. The normalized spacial score (nSPS) is 9.71. The van der Waals surface area contributed by atoms with Crippen molar-refractivity contribution in [1.82, 2.24) is 10.2 Å². The largest absolute Gasteiger partial charge is 0.338 e. The molecule has 84 valence electrons. The van der Waals surface area contributed by atoms with E-state index >= 15 is 0 Å². The second kappa shape index (κ2) is 4.62. The van der Waals surface area contributed by atoms with Crippen LogP contribution in [0.2, 0.25) is 0 Å². The minimum absolute atomic E-state index is 0.502. The molecule has 4 heteroatoms. The first-order chi connectivity index (χ1) is 8.22. The van der Waals surface area contributed by atoms with Crippen LogP contribution in [-0.4, -0.2) is 10.2 Å². The molecule has 0 unspecified atom stereocenters. The number of aryl methyl sites for hydroxylation is 1. The molecule has 0 spiro atoms. The molecule has 0 aliphatic carbocycles. The van der Waals surface area contributed by atoms with Gasteiger partial charge in [-0.2, -0.15) is 10.4 Å². The second-order valence-corrected chi connectivity index (χ2v) is 3.74. The number of anilines is 2. The summed E-state index contributed by atoms with van der Waals surface area (Å²) in [6.45, 7) is 3.72. The molecular formula is C13H12N4. The summed E-state index contributed by atoms with van der Waals surface area (Å²) in [6.07, 6.45) is 0. The lowest BCUT2D eigenvalue weighted by atomic mass is 10.1. The number of rotatable bonds is 2. The van der Waals surface area contributed by atoms with Gasteiger partial charge in [0.1, 0.15) is 11.6 Å². The van der Waals surface area contributed by atoms with E-state index in [0.717, 1.165) is 16.9 Å². The van der Waals surface area contributed by atoms with Crippen LogP contribution < -0.4 is 5.32 Å². The molecule has 2 rings (SSSR count). The zero-order chi connectivity index (χ0) is 12.3. The molecule has 1 aromatic carbocycles. The number of hydrogen-bond acceptors (Lipinski definition) is 4. The summed E-state index contributed by atoms with van der Waals surface area (Å²) in [5.74, 6) is 0.502. The van der Waals surface area contributed by atoms with Crippen LogP contribution >= 0.6 is 0 Å². The first-order valence-electron chi connectivity index (χ1n) is 5.28. The maximum absolute atomic E-state index is 9.14. The molecule has 4 nitrogen and oxygen atoms in total. The van der Waals surface area contributed by atoms with Gasteiger partial charge in [0.05, 0.1) is 5.69 Å². The number of nitriles is 1. The van der Waals surface area contributed by atoms with Gasteiger partial charge in [0, 0.05) is 5.69 Å². The minimum atomic E-state index is 0.502. The Labute approximate surface area is 99.9 Å². The van der Waals surface area contributed by atoms with Crippen molar-refractivity contribution >= 4 is 11.5 Å². The van der Waals surface area contributed by atoms with Crippen molar-refractivity contribution in [3.8, 4) is 6.07 Å². The first kappa shape index (κ1) is 11.1. The van der Waals surface area contributed by atoms with E-state index in [0.29, 0.717) is 11.4 Å². The van der Waals surface area contributed by atoms with E-state index in [1.165, 1.54) is 0 Å². The van der Waals surface area contributed by atoms with E-state index in [2.05, 4.69) is 21.6 Å². The highest BCUT2D eigenvalue weighted by Gasteiger charge is 2.10. The van der Waals surface area contributed by atoms with Crippen LogP contribution in [0.5, 0.6) is 0 Å². The lowest BCUT2D eigenvalue weighted by Gasteiger charge is -2.09. The minimum Gasteiger partial charge on any atom is -0.338 e.